The maximum Gasteiger partial charge on any atom is 0.161 e. The van der Waals surface area contributed by atoms with Gasteiger partial charge < -0.3 is 10.1 Å². The summed E-state index contributed by atoms with van der Waals surface area (Å²) in [7, 11) is 0. The monoisotopic (exact) mass is 356 g/mol. The molecule has 6 heteroatoms. The molecule has 21 heavy (non-hydrogen) atoms. The van der Waals surface area contributed by atoms with Crippen LogP contribution in [0.5, 0.6) is 0 Å². The molecular formula is C15H25BrN4O. The highest BCUT2D eigenvalue weighted by molar-refractivity contribution is 9.10. The Balaban J connectivity index is 2.29. The van der Waals surface area contributed by atoms with E-state index in [4.69, 9.17) is 9.72 Å². The van der Waals surface area contributed by atoms with Crippen molar-refractivity contribution in [2.45, 2.75) is 39.7 Å². The Hall–Kier alpha value is -0.720. The Morgan fingerprint density at radius 2 is 2.14 bits per heavy atom. The molecule has 1 aliphatic rings. The third-order valence-corrected chi connectivity index (χ3v) is 4.49. The van der Waals surface area contributed by atoms with Gasteiger partial charge in [0, 0.05) is 19.6 Å². The fourth-order valence-corrected chi connectivity index (χ4v) is 3.01. The number of likely N-dealkylation sites (N-methyl/N-ethyl adjacent to an activating group) is 1. The number of hydrogen-bond donors (Lipinski definition) is 1. The van der Waals surface area contributed by atoms with E-state index < -0.39 is 0 Å². The fraction of sp³-hybridized carbons (Fsp3) is 0.733. The number of aryl methyl sites for hydroxylation is 1. The van der Waals surface area contributed by atoms with E-state index in [0.717, 1.165) is 67.4 Å². The molecule has 2 heterocycles. The molecule has 1 aromatic heterocycles. The van der Waals surface area contributed by atoms with Crippen LogP contribution < -0.4 is 5.32 Å². The van der Waals surface area contributed by atoms with Gasteiger partial charge in [0.05, 0.1) is 16.8 Å². The highest BCUT2D eigenvalue weighted by Crippen LogP contribution is 2.28. The molecule has 2 rings (SSSR count). The lowest BCUT2D eigenvalue weighted by Gasteiger charge is -2.31. The Morgan fingerprint density at radius 3 is 2.81 bits per heavy atom. The zero-order valence-corrected chi connectivity index (χ0v) is 14.7. The van der Waals surface area contributed by atoms with E-state index >= 15 is 0 Å². The number of ether oxygens (including phenoxy) is 1. The first kappa shape index (κ1) is 16.6. The maximum atomic E-state index is 5.89. The molecule has 118 valence electrons. The Labute approximate surface area is 135 Å². The highest BCUT2D eigenvalue weighted by atomic mass is 79.9. The van der Waals surface area contributed by atoms with Gasteiger partial charge in [-0.05, 0) is 35.8 Å². The van der Waals surface area contributed by atoms with Crippen LogP contribution in [0.3, 0.4) is 0 Å². The number of nitrogens with zero attached hydrogens (tertiary/aromatic N) is 3. The van der Waals surface area contributed by atoms with E-state index in [9.17, 15) is 0 Å². The van der Waals surface area contributed by atoms with E-state index in [1.54, 1.807) is 0 Å². The lowest BCUT2D eigenvalue weighted by atomic mass is 10.2. The number of nitrogens with one attached hydrogen (secondary N) is 1. The van der Waals surface area contributed by atoms with E-state index in [1.165, 1.54) is 0 Å². The SMILES string of the molecule is CCCc1nc(C2CN(CC)CCO2)nc(NCC)c1Br. The van der Waals surface area contributed by atoms with E-state index in [-0.39, 0.29) is 6.10 Å². The summed E-state index contributed by atoms with van der Waals surface area (Å²) in [6, 6.07) is 0. The van der Waals surface area contributed by atoms with E-state index in [0.29, 0.717) is 0 Å². The number of morpholine rings is 1. The minimum Gasteiger partial charge on any atom is -0.369 e. The van der Waals surface area contributed by atoms with Gasteiger partial charge in [0.2, 0.25) is 0 Å². The minimum atomic E-state index is -0.0280. The largest absolute Gasteiger partial charge is 0.369 e. The van der Waals surface area contributed by atoms with Crippen LogP contribution in [0.15, 0.2) is 4.47 Å². The Kier molecular flexibility index (Phi) is 6.39. The third kappa shape index (κ3) is 4.14. The van der Waals surface area contributed by atoms with Crippen LogP contribution >= 0.6 is 15.9 Å². The molecule has 5 nitrogen and oxygen atoms in total. The van der Waals surface area contributed by atoms with Gasteiger partial charge in [0.25, 0.3) is 0 Å². The van der Waals surface area contributed by atoms with Crippen LogP contribution in [0.1, 0.15) is 44.8 Å². The molecule has 1 saturated heterocycles. The predicted octanol–water partition coefficient (Wildman–Crippen LogP) is 3.02. The van der Waals surface area contributed by atoms with Gasteiger partial charge >= 0.3 is 0 Å². The van der Waals surface area contributed by atoms with Gasteiger partial charge in [-0.2, -0.15) is 0 Å². The number of rotatable bonds is 6. The summed E-state index contributed by atoms with van der Waals surface area (Å²) in [5.41, 5.74) is 1.07. The van der Waals surface area contributed by atoms with Gasteiger partial charge in [0.15, 0.2) is 5.82 Å². The summed E-state index contributed by atoms with van der Waals surface area (Å²) in [5.74, 6) is 1.68. The second-order valence-corrected chi connectivity index (χ2v) is 6.02. The van der Waals surface area contributed by atoms with Gasteiger partial charge in [-0.1, -0.05) is 20.3 Å². The van der Waals surface area contributed by atoms with Crippen LogP contribution in [0, 0.1) is 0 Å². The van der Waals surface area contributed by atoms with Crippen LogP contribution in [0.4, 0.5) is 5.82 Å². The Bertz CT molecular complexity index is 442. The van der Waals surface area contributed by atoms with E-state index in [1.807, 2.05) is 0 Å². The first-order chi connectivity index (χ1) is 10.2. The van der Waals surface area contributed by atoms with Crippen LogP contribution in [0.25, 0.3) is 0 Å². The van der Waals surface area contributed by atoms with Crippen molar-refractivity contribution < 1.29 is 4.74 Å². The first-order valence-corrected chi connectivity index (χ1v) is 8.62. The fourth-order valence-electron chi connectivity index (χ4n) is 2.49. The van der Waals surface area contributed by atoms with E-state index in [2.05, 4.69) is 51.9 Å². The van der Waals surface area contributed by atoms with Gasteiger partial charge in [0.1, 0.15) is 11.9 Å². The molecular weight excluding hydrogens is 332 g/mol. The number of anilines is 1. The van der Waals surface area contributed by atoms with Crippen molar-refractivity contribution in [1.29, 1.82) is 0 Å². The van der Waals surface area contributed by atoms with Crippen molar-refractivity contribution in [1.82, 2.24) is 14.9 Å². The topological polar surface area (TPSA) is 50.3 Å². The molecule has 0 amide bonds. The zero-order valence-electron chi connectivity index (χ0n) is 13.2. The molecule has 0 radical (unpaired) electrons. The molecule has 1 unspecified atom stereocenters. The normalized spacial score (nSPS) is 19.7. The smallest absolute Gasteiger partial charge is 0.161 e. The number of halogens is 1. The summed E-state index contributed by atoms with van der Waals surface area (Å²) in [6.45, 7) is 10.9. The average Bonchev–Trinajstić information content (AvgIpc) is 2.51. The summed E-state index contributed by atoms with van der Waals surface area (Å²) < 4.78 is 6.88. The quantitative estimate of drug-likeness (QED) is 0.848. The highest BCUT2D eigenvalue weighted by Gasteiger charge is 2.25. The van der Waals surface area contributed by atoms with Gasteiger partial charge in [-0.25, -0.2) is 9.97 Å². The second-order valence-electron chi connectivity index (χ2n) is 5.22. The molecule has 0 bridgehead atoms. The molecule has 0 aliphatic carbocycles. The molecule has 1 atom stereocenters. The minimum absolute atomic E-state index is 0.0280. The molecule has 0 spiro atoms. The van der Waals surface area contributed by atoms with Crippen molar-refractivity contribution in [3.05, 3.63) is 16.0 Å². The second kappa shape index (κ2) is 8.06. The lowest BCUT2D eigenvalue weighted by Crippen LogP contribution is -2.38. The van der Waals surface area contributed by atoms with Crippen molar-refractivity contribution in [3.8, 4) is 0 Å². The average molecular weight is 357 g/mol. The molecule has 1 aromatic rings. The standard InChI is InChI=1S/C15H25BrN4O/c1-4-7-11-13(16)15(17-5-2)19-14(18-11)12-10-20(6-3)8-9-21-12/h12H,4-10H2,1-3H3,(H,17,18,19). The number of aromatic nitrogens is 2. The van der Waals surface area contributed by atoms with Crippen molar-refractivity contribution >= 4 is 21.7 Å². The van der Waals surface area contributed by atoms with Crippen LogP contribution in [-0.2, 0) is 11.2 Å². The first-order valence-electron chi connectivity index (χ1n) is 7.83. The van der Waals surface area contributed by atoms with Gasteiger partial charge in [-0.15, -0.1) is 0 Å². The molecule has 1 fully saturated rings. The lowest BCUT2D eigenvalue weighted by molar-refractivity contribution is -0.0326. The summed E-state index contributed by atoms with van der Waals surface area (Å²) in [4.78, 5) is 11.8. The van der Waals surface area contributed by atoms with Crippen LogP contribution in [-0.4, -0.2) is 47.7 Å². The molecule has 0 aromatic carbocycles. The Morgan fingerprint density at radius 1 is 1.33 bits per heavy atom. The summed E-state index contributed by atoms with van der Waals surface area (Å²) in [6.07, 6.45) is 1.98. The van der Waals surface area contributed by atoms with Crippen molar-refractivity contribution in [2.75, 3.05) is 38.1 Å². The molecule has 1 N–H and O–H groups in total. The molecule has 1 aliphatic heterocycles. The van der Waals surface area contributed by atoms with Gasteiger partial charge in [-0.3, -0.25) is 4.90 Å². The zero-order chi connectivity index (χ0) is 15.2. The third-order valence-electron chi connectivity index (χ3n) is 3.65. The molecule has 0 saturated carbocycles. The van der Waals surface area contributed by atoms with Crippen molar-refractivity contribution in [2.24, 2.45) is 0 Å². The predicted molar refractivity (Wildman–Crippen MR) is 88.7 cm³/mol. The summed E-state index contributed by atoms with van der Waals surface area (Å²) >= 11 is 3.63. The maximum absolute atomic E-state index is 5.89. The number of hydrogen-bond acceptors (Lipinski definition) is 5. The van der Waals surface area contributed by atoms with Crippen LogP contribution in [0.2, 0.25) is 0 Å². The summed E-state index contributed by atoms with van der Waals surface area (Å²) in [5, 5.41) is 3.31. The van der Waals surface area contributed by atoms with Crippen molar-refractivity contribution in [3.63, 3.8) is 0 Å².